The van der Waals surface area contributed by atoms with Gasteiger partial charge in [0.1, 0.15) is 0 Å². The number of pyridine rings is 2. The number of halogens is 2. The third kappa shape index (κ3) is 6.16. The quantitative estimate of drug-likeness (QED) is 0.151. The van der Waals surface area contributed by atoms with Gasteiger partial charge in [0.05, 0.1) is 22.4 Å². The number of aryl methyl sites for hydroxylation is 2. The summed E-state index contributed by atoms with van der Waals surface area (Å²) in [7, 11) is 1.92. The second kappa shape index (κ2) is 12.0. The van der Waals surface area contributed by atoms with Gasteiger partial charge in [-0.05, 0) is 66.3 Å². The Labute approximate surface area is 197 Å². The average Bonchev–Trinajstić information content (AvgIpc) is 2.69. The van der Waals surface area contributed by atoms with Gasteiger partial charge in [-0.2, -0.15) is 0 Å². The molecule has 0 radical (unpaired) electrons. The molecule has 3 N–H and O–H groups in total. The summed E-state index contributed by atoms with van der Waals surface area (Å²) in [6.45, 7) is 4.12. The molecule has 2 heterocycles. The third-order valence-electron chi connectivity index (χ3n) is 4.00. The lowest BCUT2D eigenvalue weighted by molar-refractivity contribution is 1.37. The van der Waals surface area contributed by atoms with Crippen molar-refractivity contribution in [3.8, 4) is 0 Å². The summed E-state index contributed by atoms with van der Waals surface area (Å²) in [5.41, 5.74) is 12.0. The zero-order valence-corrected chi connectivity index (χ0v) is 21.0. The van der Waals surface area contributed by atoms with Crippen molar-refractivity contribution in [1.29, 1.82) is 0 Å². The van der Waals surface area contributed by atoms with Gasteiger partial charge in [-0.25, -0.2) is 0 Å². The maximum absolute atomic E-state index is 5.79. The smallest absolute Gasteiger partial charge is 0.0933 e. The number of alkyl halides is 1. The predicted molar refractivity (Wildman–Crippen MR) is 142 cm³/mol. The van der Waals surface area contributed by atoms with Gasteiger partial charge < -0.3 is 11.1 Å². The van der Waals surface area contributed by atoms with Crippen LogP contribution in [0.2, 0.25) is 0 Å². The molecule has 0 saturated carbocycles. The van der Waals surface area contributed by atoms with Crippen LogP contribution in [0.5, 0.6) is 0 Å². The molecule has 0 unspecified atom stereocenters. The van der Waals surface area contributed by atoms with Gasteiger partial charge in [0.25, 0.3) is 0 Å². The number of hydrogen-bond donors (Lipinski definition) is 2. The summed E-state index contributed by atoms with van der Waals surface area (Å²) in [6.07, 6.45) is 3.58. The number of anilines is 2. The number of nitrogens with one attached hydrogen (secondary N) is 1. The predicted octanol–water partition coefficient (Wildman–Crippen LogP) is 6.38. The number of rotatable bonds is 1. The van der Waals surface area contributed by atoms with Gasteiger partial charge in [-0.3, -0.25) is 9.97 Å². The summed E-state index contributed by atoms with van der Waals surface area (Å²) in [5, 5.41) is 5.44. The van der Waals surface area contributed by atoms with Crippen LogP contribution in [0.1, 0.15) is 11.1 Å². The Morgan fingerprint density at radius 2 is 1.32 bits per heavy atom. The second-order valence-corrected chi connectivity index (χ2v) is 6.07. The normalized spacial score (nSPS) is 9.46. The number of fused-ring (bicyclic) bond motifs is 2. The van der Waals surface area contributed by atoms with Gasteiger partial charge in [0.15, 0.2) is 0 Å². The first-order valence-electron chi connectivity index (χ1n) is 8.60. The zero-order valence-electron chi connectivity index (χ0n) is 16.5. The molecule has 4 aromatic rings. The molecule has 6 heteroatoms. The molecule has 4 nitrogen and oxygen atoms in total. The van der Waals surface area contributed by atoms with E-state index < -0.39 is 0 Å². The first-order chi connectivity index (χ1) is 13.1. The summed E-state index contributed by atoms with van der Waals surface area (Å²) in [4.78, 5) is 10.5. The van der Waals surface area contributed by atoms with E-state index in [-0.39, 0.29) is 24.0 Å². The molecule has 0 aliphatic rings. The fraction of sp³-hybridized carbons (Fsp3) is 0.182. The number of nitrogens with zero attached hydrogens (tertiary/aromatic N) is 2. The van der Waals surface area contributed by atoms with Crippen LogP contribution in [0.25, 0.3) is 21.8 Å². The lowest BCUT2D eigenvalue weighted by atomic mass is 10.1. The minimum atomic E-state index is 0. The van der Waals surface area contributed by atoms with Crippen LogP contribution in [0, 0.1) is 13.8 Å². The van der Waals surface area contributed by atoms with E-state index in [0.29, 0.717) is 0 Å². The Kier molecular flexibility index (Phi) is 10.4. The lowest BCUT2D eigenvalue weighted by Crippen LogP contribution is -1.92. The Bertz CT molecular complexity index is 1040. The molecule has 0 fully saturated rings. The van der Waals surface area contributed by atoms with E-state index in [0.717, 1.165) is 27.8 Å². The summed E-state index contributed by atoms with van der Waals surface area (Å²) in [5.74, 6) is 0. The topological polar surface area (TPSA) is 63.8 Å². The molecule has 2 aromatic heterocycles. The highest BCUT2D eigenvalue weighted by Crippen LogP contribution is 2.22. The molecule has 0 amide bonds. The molecule has 0 spiro atoms. The average molecular weight is 600 g/mol. The van der Waals surface area contributed by atoms with Crippen LogP contribution in [0.3, 0.4) is 0 Å². The van der Waals surface area contributed by atoms with Crippen LogP contribution < -0.4 is 11.1 Å². The first-order valence-corrected chi connectivity index (χ1v) is 10.8. The lowest BCUT2D eigenvalue weighted by Gasteiger charge is -2.05. The van der Waals surface area contributed by atoms with Crippen molar-refractivity contribution in [2.24, 2.45) is 0 Å². The van der Waals surface area contributed by atoms with E-state index in [1.54, 1.807) is 6.20 Å². The zero-order chi connectivity index (χ0) is 19.8. The van der Waals surface area contributed by atoms with Crippen molar-refractivity contribution in [1.82, 2.24) is 9.97 Å². The molecule has 2 aromatic carbocycles. The van der Waals surface area contributed by atoms with E-state index in [1.165, 1.54) is 16.5 Å². The van der Waals surface area contributed by atoms with Crippen molar-refractivity contribution in [2.75, 3.05) is 23.0 Å². The monoisotopic (exact) mass is 600 g/mol. The number of nitrogen functional groups attached to an aromatic ring is 1. The molecule has 0 atom stereocenters. The van der Waals surface area contributed by atoms with E-state index in [2.05, 4.69) is 69.1 Å². The summed E-state index contributed by atoms with van der Waals surface area (Å²) in [6, 6.07) is 16.2. The van der Waals surface area contributed by atoms with Crippen molar-refractivity contribution in [3.63, 3.8) is 0 Å². The van der Waals surface area contributed by atoms with Crippen LogP contribution >= 0.6 is 46.6 Å². The van der Waals surface area contributed by atoms with Crippen LogP contribution in [-0.4, -0.2) is 21.9 Å². The molecule has 28 heavy (non-hydrogen) atoms. The molecule has 4 rings (SSSR count). The standard InChI is InChI=1S/C11H12N2.C10H10N2.CH3I.HI/c1-8-6-9-4-3-5-13-11(9)10(7-8)12-2;1-7-5-8-3-2-4-12-10(8)9(11)6-7;1-2;/h3-7,12H,1-2H3;2-6H,11H2,1H3;1H3;1H. The number of hydrogen-bond acceptors (Lipinski definition) is 4. The number of nitrogens with two attached hydrogens (primary N) is 1. The maximum Gasteiger partial charge on any atom is 0.0933 e. The Morgan fingerprint density at radius 3 is 1.89 bits per heavy atom. The summed E-state index contributed by atoms with van der Waals surface area (Å²) < 4.78 is 0. The third-order valence-corrected chi connectivity index (χ3v) is 4.00. The van der Waals surface area contributed by atoms with E-state index in [1.807, 2.05) is 49.4 Å². The highest BCUT2D eigenvalue weighted by molar-refractivity contribution is 14.1. The maximum atomic E-state index is 5.79. The van der Waals surface area contributed by atoms with Crippen molar-refractivity contribution < 1.29 is 0 Å². The van der Waals surface area contributed by atoms with Crippen LogP contribution in [-0.2, 0) is 0 Å². The highest BCUT2D eigenvalue weighted by atomic mass is 127. The molecule has 0 saturated heterocycles. The Hall–Kier alpha value is -1.68. The fourth-order valence-corrected chi connectivity index (χ4v) is 2.91. The number of aromatic nitrogens is 2. The van der Waals surface area contributed by atoms with Gasteiger partial charge in [-0.1, -0.05) is 34.7 Å². The Morgan fingerprint density at radius 1 is 0.821 bits per heavy atom. The first kappa shape index (κ1) is 24.4. The Balaban J connectivity index is 0.000000250. The van der Waals surface area contributed by atoms with E-state index in [4.69, 9.17) is 5.73 Å². The van der Waals surface area contributed by atoms with E-state index >= 15 is 0 Å². The number of benzene rings is 2. The summed E-state index contributed by atoms with van der Waals surface area (Å²) >= 11 is 2.15. The van der Waals surface area contributed by atoms with Gasteiger partial charge >= 0.3 is 0 Å². The van der Waals surface area contributed by atoms with Gasteiger partial charge in [0.2, 0.25) is 0 Å². The SMILES string of the molecule is CI.CNc1cc(C)cc2cccnc12.Cc1cc(N)c2ncccc2c1.I. The second-order valence-electron chi connectivity index (χ2n) is 6.07. The van der Waals surface area contributed by atoms with Gasteiger partial charge in [0, 0.05) is 30.2 Å². The van der Waals surface area contributed by atoms with Crippen molar-refractivity contribution >= 4 is 79.7 Å². The molecule has 148 valence electrons. The molecular weight excluding hydrogens is 574 g/mol. The molecular formula is C22H26I2N4. The minimum absolute atomic E-state index is 0. The van der Waals surface area contributed by atoms with Gasteiger partial charge in [-0.15, -0.1) is 24.0 Å². The van der Waals surface area contributed by atoms with Crippen LogP contribution in [0.4, 0.5) is 11.4 Å². The van der Waals surface area contributed by atoms with Crippen LogP contribution in [0.15, 0.2) is 60.9 Å². The van der Waals surface area contributed by atoms with Crippen molar-refractivity contribution in [3.05, 3.63) is 72.1 Å². The largest absolute Gasteiger partial charge is 0.397 e. The molecule has 0 aliphatic heterocycles. The van der Waals surface area contributed by atoms with Crippen molar-refractivity contribution in [2.45, 2.75) is 13.8 Å². The molecule has 0 bridgehead atoms. The molecule has 0 aliphatic carbocycles. The van der Waals surface area contributed by atoms with E-state index in [9.17, 15) is 0 Å². The fourth-order valence-electron chi connectivity index (χ4n) is 2.91. The highest BCUT2D eigenvalue weighted by Gasteiger charge is 2.00. The minimum Gasteiger partial charge on any atom is -0.397 e.